The van der Waals surface area contributed by atoms with Gasteiger partial charge in [-0.25, -0.2) is 9.67 Å². The number of morpholine rings is 1. The number of pyridine rings is 3. The van der Waals surface area contributed by atoms with Crippen LogP contribution < -0.4 is 9.64 Å². The maximum atomic E-state index is 5.58. The van der Waals surface area contributed by atoms with E-state index in [1.807, 2.05) is 48.6 Å². The van der Waals surface area contributed by atoms with E-state index in [1.165, 1.54) is 0 Å². The summed E-state index contributed by atoms with van der Waals surface area (Å²) in [5, 5.41) is 11.4. The summed E-state index contributed by atoms with van der Waals surface area (Å²) in [6, 6.07) is 5.92. The quantitative estimate of drug-likeness (QED) is 0.395. The smallest absolute Gasteiger partial charge is 0.157 e. The summed E-state index contributed by atoms with van der Waals surface area (Å²) in [7, 11) is 3.61. The fourth-order valence-electron chi connectivity index (χ4n) is 4.79. The highest BCUT2D eigenvalue weighted by atomic mass is 16.5. The summed E-state index contributed by atoms with van der Waals surface area (Å²) in [4.78, 5) is 16.5. The fourth-order valence-corrected chi connectivity index (χ4v) is 4.79. The zero-order valence-corrected chi connectivity index (χ0v) is 20.2. The Morgan fingerprint density at radius 2 is 1.83 bits per heavy atom. The van der Waals surface area contributed by atoms with Crippen molar-refractivity contribution >= 4 is 27.6 Å². The van der Waals surface area contributed by atoms with Crippen molar-refractivity contribution in [2.45, 2.75) is 13.8 Å². The molecule has 1 fully saturated rings. The van der Waals surface area contributed by atoms with E-state index in [4.69, 9.17) is 24.5 Å². The van der Waals surface area contributed by atoms with Crippen LogP contribution in [0.2, 0.25) is 0 Å². The van der Waals surface area contributed by atoms with Gasteiger partial charge in [0.1, 0.15) is 11.3 Å². The number of rotatable bonds is 4. The Morgan fingerprint density at radius 1 is 1.00 bits per heavy atom. The lowest BCUT2D eigenvalue weighted by atomic mass is 10.1. The molecule has 0 bridgehead atoms. The lowest BCUT2D eigenvalue weighted by Gasteiger charge is -2.28. The molecule has 0 spiro atoms. The Morgan fingerprint density at radius 3 is 2.63 bits per heavy atom. The largest absolute Gasteiger partial charge is 0.496 e. The summed E-state index contributed by atoms with van der Waals surface area (Å²) in [5.41, 5.74) is 5.36. The number of fused-ring (bicyclic) bond motifs is 2. The number of aromatic nitrogens is 7. The average Bonchev–Trinajstić information content (AvgIpc) is 3.45. The molecule has 0 unspecified atom stereocenters. The summed E-state index contributed by atoms with van der Waals surface area (Å²) in [5.74, 6) is 2.35. The van der Waals surface area contributed by atoms with Crippen LogP contribution in [0.3, 0.4) is 0 Å². The van der Waals surface area contributed by atoms with Crippen molar-refractivity contribution < 1.29 is 9.47 Å². The molecule has 178 valence electrons. The van der Waals surface area contributed by atoms with Gasteiger partial charge in [0.05, 0.1) is 49.0 Å². The number of ether oxygens (including phenoxy) is 2. The number of aryl methyl sites for hydroxylation is 3. The number of methoxy groups -OCH3 is 1. The predicted octanol–water partition coefficient (Wildman–Crippen LogP) is 3.23. The van der Waals surface area contributed by atoms with Crippen LogP contribution >= 0.6 is 0 Å². The predicted molar refractivity (Wildman–Crippen MR) is 133 cm³/mol. The van der Waals surface area contributed by atoms with E-state index in [9.17, 15) is 0 Å². The zero-order valence-electron chi connectivity index (χ0n) is 20.2. The van der Waals surface area contributed by atoms with Gasteiger partial charge in [0.15, 0.2) is 11.6 Å². The number of hydrogen-bond acceptors (Lipinski definition) is 8. The van der Waals surface area contributed by atoms with E-state index >= 15 is 0 Å². The molecule has 0 N–H and O–H groups in total. The monoisotopic (exact) mass is 470 g/mol. The van der Waals surface area contributed by atoms with E-state index in [0.29, 0.717) is 13.2 Å². The Kier molecular flexibility index (Phi) is 5.10. The second kappa shape index (κ2) is 8.31. The Bertz CT molecular complexity index is 1570. The first-order valence-electron chi connectivity index (χ1n) is 11.6. The van der Waals surface area contributed by atoms with Gasteiger partial charge < -0.3 is 14.4 Å². The van der Waals surface area contributed by atoms with E-state index in [-0.39, 0.29) is 0 Å². The van der Waals surface area contributed by atoms with Crippen LogP contribution in [-0.4, -0.2) is 67.9 Å². The molecule has 0 aliphatic carbocycles. The van der Waals surface area contributed by atoms with Crippen LogP contribution in [0.1, 0.15) is 11.4 Å². The Balaban J connectivity index is 1.58. The summed E-state index contributed by atoms with van der Waals surface area (Å²) >= 11 is 0. The molecule has 6 rings (SSSR count). The van der Waals surface area contributed by atoms with Gasteiger partial charge in [0.2, 0.25) is 0 Å². The van der Waals surface area contributed by atoms with Gasteiger partial charge in [-0.1, -0.05) is 0 Å². The maximum absolute atomic E-state index is 5.58. The van der Waals surface area contributed by atoms with Gasteiger partial charge in [-0.05, 0) is 32.0 Å². The highest BCUT2D eigenvalue weighted by Gasteiger charge is 2.22. The van der Waals surface area contributed by atoms with Crippen LogP contribution in [0.15, 0.2) is 36.8 Å². The van der Waals surface area contributed by atoms with Crippen molar-refractivity contribution in [1.29, 1.82) is 0 Å². The van der Waals surface area contributed by atoms with Crippen molar-refractivity contribution in [2.75, 3.05) is 38.3 Å². The fraction of sp³-hybridized carbons (Fsp3) is 0.320. The molecule has 1 aliphatic rings. The zero-order chi connectivity index (χ0) is 24.1. The molecule has 0 aromatic carbocycles. The first kappa shape index (κ1) is 21.5. The summed E-state index contributed by atoms with van der Waals surface area (Å²) < 4.78 is 14.9. The highest BCUT2D eigenvalue weighted by molar-refractivity contribution is 5.93. The number of hydrogen-bond donors (Lipinski definition) is 0. The molecule has 10 heteroatoms. The lowest BCUT2D eigenvalue weighted by molar-refractivity contribution is 0.122. The Hall–Kier alpha value is -4.05. The first-order chi connectivity index (χ1) is 17.0. The molecular weight excluding hydrogens is 444 g/mol. The topological polar surface area (TPSA) is 96.0 Å². The highest BCUT2D eigenvalue weighted by Crippen LogP contribution is 2.33. The van der Waals surface area contributed by atoms with Gasteiger partial charge >= 0.3 is 0 Å². The van der Waals surface area contributed by atoms with E-state index in [2.05, 4.69) is 21.0 Å². The molecule has 10 nitrogen and oxygen atoms in total. The molecule has 1 aliphatic heterocycles. The van der Waals surface area contributed by atoms with Crippen LogP contribution in [0.5, 0.6) is 5.75 Å². The normalized spacial score (nSPS) is 14.2. The maximum Gasteiger partial charge on any atom is 0.157 e. The molecule has 5 aromatic rings. The average molecular weight is 471 g/mol. The van der Waals surface area contributed by atoms with E-state index in [1.54, 1.807) is 19.5 Å². The van der Waals surface area contributed by atoms with Crippen molar-refractivity contribution in [3.05, 3.63) is 48.2 Å². The molecular formula is C25H26N8O2. The lowest BCUT2D eigenvalue weighted by Crippen LogP contribution is -2.37. The van der Waals surface area contributed by atoms with Gasteiger partial charge in [0.25, 0.3) is 0 Å². The van der Waals surface area contributed by atoms with Crippen LogP contribution in [-0.2, 0) is 11.8 Å². The van der Waals surface area contributed by atoms with Crippen molar-refractivity contribution in [3.8, 4) is 22.8 Å². The second-order valence-corrected chi connectivity index (χ2v) is 8.67. The van der Waals surface area contributed by atoms with Crippen molar-refractivity contribution in [1.82, 2.24) is 34.5 Å². The summed E-state index contributed by atoms with van der Waals surface area (Å²) in [6.45, 7) is 6.93. The van der Waals surface area contributed by atoms with E-state index < -0.39 is 0 Å². The third-order valence-electron chi connectivity index (χ3n) is 6.54. The van der Waals surface area contributed by atoms with Crippen LogP contribution in [0.25, 0.3) is 38.9 Å². The Labute approximate surface area is 202 Å². The van der Waals surface area contributed by atoms with Gasteiger partial charge in [-0.2, -0.15) is 10.2 Å². The minimum Gasteiger partial charge on any atom is -0.496 e. The minimum absolute atomic E-state index is 0.677. The van der Waals surface area contributed by atoms with Crippen LogP contribution in [0, 0.1) is 13.8 Å². The van der Waals surface area contributed by atoms with Crippen molar-refractivity contribution in [2.24, 2.45) is 7.05 Å². The van der Waals surface area contributed by atoms with E-state index in [0.717, 1.165) is 74.9 Å². The van der Waals surface area contributed by atoms with Gasteiger partial charge in [-0.3, -0.25) is 14.6 Å². The molecule has 0 amide bonds. The molecule has 6 heterocycles. The van der Waals surface area contributed by atoms with Crippen LogP contribution in [0.4, 0.5) is 5.82 Å². The first-order valence-corrected chi connectivity index (χ1v) is 11.6. The molecule has 0 atom stereocenters. The summed E-state index contributed by atoms with van der Waals surface area (Å²) in [6.07, 6.45) is 5.33. The SMILES string of the molecule is COc1ccncc1-c1cc2c(cnn2-c2cc3c(C)nn(C)c3c(N3CCOCC3)n2)c(C)n1. The third kappa shape index (κ3) is 3.48. The molecule has 0 saturated carbocycles. The number of anilines is 1. The standard InChI is InChI=1S/C25H26N8O2/c1-15-18-14-27-33(21(18)12-20(28-15)19-13-26-6-5-22(19)34-4)23-11-17-16(2)30-31(3)24(17)25(29-23)32-7-9-35-10-8-32/h5-6,11-14H,7-10H2,1-4H3. The number of nitrogens with zero attached hydrogens (tertiary/aromatic N) is 8. The molecule has 0 radical (unpaired) electrons. The van der Waals surface area contributed by atoms with Crippen molar-refractivity contribution in [3.63, 3.8) is 0 Å². The molecule has 5 aromatic heterocycles. The van der Waals surface area contributed by atoms with Gasteiger partial charge in [0, 0.05) is 49.0 Å². The molecule has 35 heavy (non-hydrogen) atoms. The minimum atomic E-state index is 0.677. The molecule has 1 saturated heterocycles. The van der Waals surface area contributed by atoms with Gasteiger partial charge in [-0.15, -0.1) is 0 Å². The second-order valence-electron chi connectivity index (χ2n) is 8.67. The third-order valence-corrected chi connectivity index (χ3v) is 6.54.